The molecular formula is C20H31NaO4. The fourth-order valence-corrected chi connectivity index (χ4v) is 3.12. The van der Waals surface area contributed by atoms with E-state index >= 15 is 0 Å². The Hall–Kier alpha value is -0.840. The van der Waals surface area contributed by atoms with Crippen molar-refractivity contribution in [1.82, 2.24) is 0 Å². The van der Waals surface area contributed by atoms with Gasteiger partial charge in [-0.05, 0) is 12.0 Å². The van der Waals surface area contributed by atoms with Crippen LogP contribution in [0.5, 0.6) is 0 Å². The van der Waals surface area contributed by atoms with Crippen LogP contribution in [0.2, 0.25) is 0 Å². The zero-order chi connectivity index (χ0) is 17.8. The van der Waals surface area contributed by atoms with Crippen LogP contribution >= 0.6 is 0 Å². The number of hydrogen-bond donors (Lipinski definition) is 2. The molecule has 2 N–H and O–H groups in total. The van der Waals surface area contributed by atoms with Gasteiger partial charge in [0.05, 0.1) is 0 Å². The van der Waals surface area contributed by atoms with Crippen molar-refractivity contribution < 1.29 is 19.8 Å². The van der Waals surface area contributed by atoms with Gasteiger partial charge in [0.15, 0.2) is 5.41 Å². The maximum absolute atomic E-state index is 11.7. The molecule has 0 aliphatic carbocycles. The van der Waals surface area contributed by atoms with Crippen LogP contribution in [0.25, 0.3) is 0 Å². The Labute approximate surface area is 173 Å². The van der Waals surface area contributed by atoms with E-state index in [1.165, 1.54) is 32.1 Å². The number of rotatable bonds is 13. The van der Waals surface area contributed by atoms with Crippen molar-refractivity contribution in [3.05, 3.63) is 35.9 Å². The molecule has 0 aliphatic heterocycles. The summed E-state index contributed by atoms with van der Waals surface area (Å²) >= 11 is 0. The zero-order valence-electron chi connectivity index (χ0n) is 14.7. The first kappa shape index (κ1) is 24.2. The summed E-state index contributed by atoms with van der Waals surface area (Å²) in [5.41, 5.74) is -1.48. The summed E-state index contributed by atoms with van der Waals surface area (Å²) in [6, 6.07) is 8.32. The summed E-state index contributed by atoms with van der Waals surface area (Å²) in [6.45, 7) is 2.20. The minimum atomic E-state index is -1.83. The van der Waals surface area contributed by atoms with Crippen LogP contribution in [0.4, 0.5) is 0 Å². The molecule has 1 aromatic carbocycles. The fraction of sp³-hybridized carbons (Fsp3) is 0.600. The summed E-state index contributed by atoms with van der Waals surface area (Å²) in [5, 5.41) is 19.2. The molecule has 136 valence electrons. The Kier molecular flexibility index (Phi) is 12.9. The number of carboxylic acid groups (broad SMARTS) is 2. The van der Waals surface area contributed by atoms with E-state index in [0.717, 1.165) is 19.3 Å². The van der Waals surface area contributed by atoms with E-state index in [2.05, 4.69) is 6.92 Å². The summed E-state index contributed by atoms with van der Waals surface area (Å²) in [7, 11) is 0. The molecule has 0 saturated carbocycles. The van der Waals surface area contributed by atoms with Crippen molar-refractivity contribution in [3.63, 3.8) is 0 Å². The average molecular weight is 358 g/mol. The Bertz CT molecular complexity index is 488. The molecule has 0 aliphatic rings. The summed E-state index contributed by atoms with van der Waals surface area (Å²) in [6.07, 6.45) is 10.1. The van der Waals surface area contributed by atoms with Crippen LogP contribution in [-0.2, 0) is 15.0 Å². The monoisotopic (exact) mass is 358 g/mol. The van der Waals surface area contributed by atoms with Crippen molar-refractivity contribution >= 4 is 41.5 Å². The molecule has 0 aromatic heterocycles. The molecule has 0 bridgehead atoms. The van der Waals surface area contributed by atoms with E-state index in [1.54, 1.807) is 30.3 Å². The van der Waals surface area contributed by atoms with Crippen molar-refractivity contribution in [1.29, 1.82) is 0 Å². The van der Waals surface area contributed by atoms with Gasteiger partial charge in [0.25, 0.3) is 0 Å². The molecule has 1 rings (SSSR count). The second-order valence-corrected chi connectivity index (χ2v) is 6.46. The molecular weight excluding hydrogens is 327 g/mol. The van der Waals surface area contributed by atoms with Crippen LogP contribution in [0.3, 0.4) is 0 Å². The Balaban J connectivity index is 0.00000576. The number of carboxylic acids is 2. The number of benzene rings is 1. The van der Waals surface area contributed by atoms with E-state index in [4.69, 9.17) is 0 Å². The second kappa shape index (κ2) is 13.4. The molecule has 5 heteroatoms. The summed E-state index contributed by atoms with van der Waals surface area (Å²) in [5.74, 6) is -2.55. The van der Waals surface area contributed by atoms with E-state index in [0.29, 0.717) is 12.0 Å². The van der Waals surface area contributed by atoms with Gasteiger partial charge in [0.1, 0.15) is 0 Å². The van der Waals surface area contributed by atoms with Gasteiger partial charge in [0, 0.05) is 0 Å². The number of aliphatic carboxylic acids is 2. The van der Waals surface area contributed by atoms with Gasteiger partial charge in [-0.15, -0.1) is 0 Å². The molecule has 0 amide bonds. The SMILES string of the molecule is CCCCCCCCCCCC(C(=O)O)(C(=O)O)c1ccccc1.[NaH]. The Morgan fingerprint density at radius 3 is 1.68 bits per heavy atom. The van der Waals surface area contributed by atoms with Crippen molar-refractivity contribution in [2.75, 3.05) is 0 Å². The van der Waals surface area contributed by atoms with E-state index in [-0.39, 0.29) is 36.0 Å². The topological polar surface area (TPSA) is 74.6 Å². The third kappa shape index (κ3) is 7.51. The van der Waals surface area contributed by atoms with Crippen LogP contribution in [0.1, 0.15) is 76.7 Å². The summed E-state index contributed by atoms with van der Waals surface area (Å²) in [4.78, 5) is 23.5. The van der Waals surface area contributed by atoms with E-state index in [1.807, 2.05) is 0 Å². The van der Waals surface area contributed by atoms with Crippen LogP contribution < -0.4 is 0 Å². The third-order valence-corrected chi connectivity index (χ3v) is 4.65. The third-order valence-electron chi connectivity index (χ3n) is 4.65. The maximum atomic E-state index is 11.7. The van der Waals surface area contributed by atoms with Crippen molar-refractivity contribution in [3.8, 4) is 0 Å². The summed E-state index contributed by atoms with van der Waals surface area (Å²) < 4.78 is 0. The van der Waals surface area contributed by atoms with E-state index < -0.39 is 17.4 Å². The molecule has 4 nitrogen and oxygen atoms in total. The van der Waals surface area contributed by atoms with Gasteiger partial charge in [-0.2, -0.15) is 0 Å². The quantitative estimate of drug-likeness (QED) is 0.312. The zero-order valence-corrected chi connectivity index (χ0v) is 14.7. The number of unbranched alkanes of at least 4 members (excludes halogenated alkanes) is 8. The molecule has 0 saturated heterocycles. The molecule has 1 aromatic rings. The second-order valence-electron chi connectivity index (χ2n) is 6.46. The number of carbonyl (C=O) groups is 2. The normalized spacial score (nSPS) is 10.9. The van der Waals surface area contributed by atoms with Gasteiger partial charge in [-0.3, -0.25) is 9.59 Å². The molecule has 0 spiro atoms. The number of hydrogen-bond acceptors (Lipinski definition) is 2. The first-order valence-electron chi connectivity index (χ1n) is 9.08. The van der Waals surface area contributed by atoms with Gasteiger partial charge < -0.3 is 10.2 Å². The molecule has 0 heterocycles. The molecule has 0 unspecified atom stereocenters. The first-order valence-corrected chi connectivity index (χ1v) is 9.08. The fourth-order valence-electron chi connectivity index (χ4n) is 3.12. The van der Waals surface area contributed by atoms with Crippen LogP contribution in [0, 0.1) is 0 Å². The molecule has 0 fully saturated rings. The average Bonchev–Trinajstić information content (AvgIpc) is 2.57. The van der Waals surface area contributed by atoms with E-state index in [9.17, 15) is 19.8 Å². The Morgan fingerprint density at radius 2 is 1.24 bits per heavy atom. The minimum absolute atomic E-state index is 0. The predicted octanol–water partition coefficient (Wildman–Crippen LogP) is 4.37. The molecule has 25 heavy (non-hydrogen) atoms. The first-order chi connectivity index (χ1) is 11.6. The van der Waals surface area contributed by atoms with Gasteiger partial charge in [0.2, 0.25) is 0 Å². The Morgan fingerprint density at radius 1 is 0.800 bits per heavy atom. The van der Waals surface area contributed by atoms with Gasteiger partial charge in [-0.25, -0.2) is 0 Å². The van der Waals surface area contributed by atoms with Gasteiger partial charge in [-0.1, -0.05) is 95.0 Å². The molecule has 0 atom stereocenters. The van der Waals surface area contributed by atoms with Gasteiger partial charge >= 0.3 is 41.5 Å². The van der Waals surface area contributed by atoms with Crippen LogP contribution in [0.15, 0.2) is 30.3 Å². The van der Waals surface area contributed by atoms with Crippen molar-refractivity contribution in [2.45, 2.75) is 76.5 Å². The standard InChI is InChI=1S/C20H30O4.Na.H/c1-2-3-4-5-6-7-8-9-13-16-20(18(21)22,19(23)24)17-14-11-10-12-15-17;;/h10-12,14-15H,2-9,13,16H2,1H3,(H,21,22)(H,23,24);;. The van der Waals surface area contributed by atoms with Crippen molar-refractivity contribution in [2.24, 2.45) is 0 Å². The van der Waals surface area contributed by atoms with Crippen LogP contribution in [-0.4, -0.2) is 51.7 Å². The molecule has 0 radical (unpaired) electrons. The predicted molar refractivity (Wildman–Crippen MR) is 102 cm³/mol.